The van der Waals surface area contributed by atoms with Crippen molar-refractivity contribution in [1.29, 1.82) is 0 Å². The molecule has 0 aliphatic rings. The minimum absolute atomic E-state index is 0.158. The molecule has 0 bridgehead atoms. The molecular weight excluding hydrogens is 348 g/mol. The van der Waals surface area contributed by atoms with Crippen molar-refractivity contribution in [3.63, 3.8) is 0 Å². The van der Waals surface area contributed by atoms with Crippen LogP contribution in [0.1, 0.15) is 48.7 Å². The molecule has 26 heavy (non-hydrogen) atoms. The molecule has 2 N–H and O–H groups in total. The van der Waals surface area contributed by atoms with Crippen molar-refractivity contribution in [3.8, 4) is 0 Å². The van der Waals surface area contributed by atoms with E-state index in [1.165, 1.54) is 24.3 Å². The van der Waals surface area contributed by atoms with Crippen LogP contribution in [0.5, 0.6) is 0 Å². The minimum Gasteiger partial charge on any atom is -0.321 e. The van der Waals surface area contributed by atoms with Gasteiger partial charge in [0.1, 0.15) is 0 Å². The highest BCUT2D eigenvalue weighted by molar-refractivity contribution is 7.89. The summed E-state index contributed by atoms with van der Waals surface area (Å²) in [6, 6.07) is 12.0. The second-order valence-corrected chi connectivity index (χ2v) is 7.80. The van der Waals surface area contributed by atoms with E-state index in [-0.39, 0.29) is 10.8 Å². The molecule has 0 aliphatic carbocycles. The predicted molar refractivity (Wildman–Crippen MR) is 105 cm³/mol. The Hall–Kier alpha value is -2.18. The van der Waals surface area contributed by atoms with Gasteiger partial charge in [-0.1, -0.05) is 39.0 Å². The van der Waals surface area contributed by atoms with E-state index in [0.717, 1.165) is 36.1 Å². The van der Waals surface area contributed by atoms with Crippen LogP contribution in [0.15, 0.2) is 47.4 Å². The number of para-hydroxylation sites is 1. The summed E-state index contributed by atoms with van der Waals surface area (Å²) in [5.41, 5.74) is 3.44. The number of carbonyl (C=O) groups excluding carboxylic acids is 1. The highest BCUT2D eigenvalue weighted by Crippen LogP contribution is 2.23. The van der Waals surface area contributed by atoms with Crippen LogP contribution >= 0.6 is 0 Å². The number of hydrogen-bond acceptors (Lipinski definition) is 3. The number of amides is 1. The molecule has 5 nitrogen and oxygen atoms in total. The predicted octanol–water partition coefficient (Wildman–Crippen LogP) is 3.75. The number of aryl methyl sites for hydroxylation is 2. The van der Waals surface area contributed by atoms with Crippen molar-refractivity contribution in [2.75, 3.05) is 11.9 Å². The maximum absolute atomic E-state index is 12.6. The standard InChI is InChI=1S/C20H26N2O3S/c1-4-14-21-26(24,25)18-12-10-17(11-13-18)20(23)22-19-15(5-2)8-7-9-16(19)6-3/h7-13,21H,4-6,14H2,1-3H3,(H,22,23). The van der Waals surface area contributed by atoms with Crippen LogP contribution in [-0.4, -0.2) is 20.9 Å². The summed E-state index contributed by atoms with van der Waals surface area (Å²) >= 11 is 0. The average molecular weight is 375 g/mol. The number of nitrogens with one attached hydrogen (secondary N) is 2. The SMILES string of the molecule is CCCNS(=O)(=O)c1ccc(C(=O)Nc2c(CC)cccc2CC)cc1. The number of hydrogen-bond donors (Lipinski definition) is 2. The number of anilines is 1. The van der Waals surface area contributed by atoms with Crippen molar-refractivity contribution in [1.82, 2.24) is 4.72 Å². The Kier molecular flexibility index (Phi) is 6.94. The van der Waals surface area contributed by atoms with E-state index >= 15 is 0 Å². The zero-order chi connectivity index (χ0) is 19.2. The second-order valence-electron chi connectivity index (χ2n) is 6.03. The first kappa shape index (κ1) is 20.1. The first-order chi connectivity index (χ1) is 12.4. The Morgan fingerprint density at radius 2 is 1.50 bits per heavy atom. The zero-order valence-corrected chi connectivity index (χ0v) is 16.3. The first-order valence-corrected chi connectivity index (χ1v) is 10.4. The molecule has 0 atom stereocenters. The fraction of sp³-hybridized carbons (Fsp3) is 0.350. The molecule has 2 aromatic rings. The highest BCUT2D eigenvalue weighted by Gasteiger charge is 2.15. The lowest BCUT2D eigenvalue weighted by Gasteiger charge is -2.14. The molecule has 0 fully saturated rings. The zero-order valence-electron chi connectivity index (χ0n) is 15.5. The van der Waals surface area contributed by atoms with Gasteiger partial charge in [-0.25, -0.2) is 13.1 Å². The molecule has 2 rings (SSSR count). The normalized spacial score (nSPS) is 11.3. The molecule has 0 saturated carbocycles. The van der Waals surface area contributed by atoms with E-state index < -0.39 is 10.0 Å². The van der Waals surface area contributed by atoms with E-state index in [0.29, 0.717) is 12.1 Å². The lowest BCUT2D eigenvalue weighted by molar-refractivity contribution is 0.102. The van der Waals surface area contributed by atoms with E-state index in [1.54, 1.807) is 0 Å². The summed E-state index contributed by atoms with van der Waals surface area (Å²) in [5, 5.41) is 2.99. The van der Waals surface area contributed by atoms with E-state index in [9.17, 15) is 13.2 Å². The van der Waals surface area contributed by atoms with Crippen LogP contribution < -0.4 is 10.0 Å². The largest absolute Gasteiger partial charge is 0.321 e. The quantitative estimate of drug-likeness (QED) is 0.739. The monoisotopic (exact) mass is 374 g/mol. The summed E-state index contributed by atoms with van der Waals surface area (Å²) in [7, 11) is -3.53. The lowest BCUT2D eigenvalue weighted by Crippen LogP contribution is -2.24. The molecule has 0 spiro atoms. The number of benzene rings is 2. The van der Waals surface area contributed by atoms with Crippen molar-refractivity contribution >= 4 is 21.6 Å². The van der Waals surface area contributed by atoms with Gasteiger partial charge in [-0.15, -0.1) is 0 Å². The van der Waals surface area contributed by atoms with Crippen LogP contribution in [0.25, 0.3) is 0 Å². The summed E-state index contributed by atoms with van der Waals surface area (Å²) < 4.78 is 26.8. The fourth-order valence-corrected chi connectivity index (χ4v) is 3.83. The lowest BCUT2D eigenvalue weighted by atomic mass is 10.0. The molecule has 0 radical (unpaired) electrons. The van der Waals surface area contributed by atoms with Crippen LogP contribution in [0, 0.1) is 0 Å². The maximum Gasteiger partial charge on any atom is 0.255 e. The van der Waals surface area contributed by atoms with Gasteiger partial charge >= 0.3 is 0 Å². The third-order valence-electron chi connectivity index (χ3n) is 4.21. The highest BCUT2D eigenvalue weighted by atomic mass is 32.2. The van der Waals surface area contributed by atoms with Crippen molar-refractivity contribution in [2.45, 2.75) is 44.9 Å². The first-order valence-electron chi connectivity index (χ1n) is 8.94. The van der Waals surface area contributed by atoms with Gasteiger partial charge in [0.05, 0.1) is 4.90 Å². The Bertz CT molecular complexity index is 837. The third-order valence-corrected chi connectivity index (χ3v) is 5.68. The van der Waals surface area contributed by atoms with Crippen molar-refractivity contribution in [3.05, 3.63) is 59.2 Å². The van der Waals surface area contributed by atoms with Gasteiger partial charge in [-0.2, -0.15) is 0 Å². The van der Waals surface area contributed by atoms with Crippen LogP contribution in [0.3, 0.4) is 0 Å². The molecule has 140 valence electrons. The van der Waals surface area contributed by atoms with Gasteiger partial charge in [0.15, 0.2) is 0 Å². The van der Waals surface area contributed by atoms with E-state index in [2.05, 4.69) is 10.0 Å². The molecule has 0 saturated heterocycles. The number of rotatable bonds is 8. The maximum atomic E-state index is 12.6. The van der Waals surface area contributed by atoms with Crippen molar-refractivity contribution < 1.29 is 13.2 Å². The molecule has 2 aromatic carbocycles. The minimum atomic E-state index is -3.53. The molecular formula is C20H26N2O3S. The van der Waals surface area contributed by atoms with E-state index in [4.69, 9.17) is 0 Å². The Morgan fingerprint density at radius 1 is 0.923 bits per heavy atom. The molecule has 0 heterocycles. The van der Waals surface area contributed by atoms with Gasteiger partial charge in [0.2, 0.25) is 10.0 Å². The van der Waals surface area contributed by atoms with Gasteiger partial charge in [-0.3, -0.25) is 4.79 Å². The molecule has 0 unspecified atom stereocenters. The molecule has 1 amide bonds. The van der Waals surface area contributed by atoms with E-state index in [1.807, 2.05) is 39.0 Å². The van der Waals surface area contributed by atoms with Gasteiger partial charge in [0.25, 0.3) is 5.91 Å². The smallest absolute Gasteiger partial charge is 0.255 e. The van der Waals surface area contributed by atoms with Crippen LogP contribution in [0.2, 0.25) is 0 Å². The van der Waals surface area contributed by atoms with Crippen LogP contribution in [-0.2, 0) is 22.9 Å². The average Bonchev–Trinajstić information content (AvgIpc) is 2.66. The second kappa shape index (κ2) is 8.96. The number of sulfonamides is 1. The fourth-order valence-electron chi connectivity index (χ4n) is 2.69. The Labute approximate surface area is 155 Å². The summed E-state index contributed by atoms with van der Waals surface area (Å²) in [6.45, 7) is 6.38. The Morgan fingerprint density at radius 3 is 2.00 bits per heavy atom. The molecule has 6 heteroatoms. The van der Waals surface area contributed by atoms with Gasteiger partial charge in [0, 0.05) is 17.8 Å². The van der Waals surface area contributed by atoms with Crippen LogP contribution in [0.4, 0.5) is 5.69 Å². The molecule has 0 aromatic heterocycles. The summed E-state index contributed by atoms with van der Waals surface area (Å²) in [5.74, 6) is -0.244. The summed E-state index contributed by atoms with van der Waals surface area (Å²) in [4.78, 5) is 12.8. The summed E-state index contributed by atoms with van der Waals surface area (Å²) in [6.07, 6.45) is 2.36. The van der Waals surface area contributed by atoms with Crippen molar-refractivity contribution in [2.24, 2.45) is 0 Å². The topological polar surface area (TPSA) is 75.3 Å². The van der Waals surface area contributed by atoms with Gasteiger partial charge < -0.3 is 5.32 Å². The Balaban J connectivity index is 2.22. The number of carbonyl (C=O) groups is 1. The molecule has 0 aliphatic heterocycles. The third kappa shape index (κ3) is 4.71. The van der Waals surface area contributed by atoms with Gasteiger partial charge in [-0.05, 0) is 54.7 Å².